The average Bonchev–Trinajstić information content (AvgIpc) is 3.13. The molecule has 3 heterocycles. The number of nitrogens with zero attached hydrogens (tertiary/aromatic N) is 3. The molecule has 2 aromatic heterocycles. The SMILES string of the molecule is Cn1nc2ccc(OCc3cccnc3C(F)(F)F)cc2c1C(=O)NC1(CO)CCOCC1. The van der Waals surface area contributed by atoms with Gasteiger partial charge < -0.3 is 19.9 Å². The van der Waals surface area contributed by atoms with E-state index in [1.54, 1.807) is 25.2 Å². The van der Waals surface area contributed by atoms with Crippen LogP contribution in [0.1, 0.15) is 34.6 Å². The number of nitrogens with one attached hydrogen (secondary N) is 1. The van der Waals surface area contributed by atoms with Gasteiger partial charge in [0.25, 0.3) is 5.91 Å². The topological polar surface area (TPSA) is 98.5 Å². The lowest BCUT2D eigenvalue weighted by Gasteiger charge is -2.36. The number of halogens is 3. The molecular weight excluding hydrogens is 441 g/mol. The summed E-state index contributed by atoms with van der Waals surface area (Å²) in [7, 11) is 1.62. The molecule has 1 amide bonds. The maximum atomic E-state index is 13.2. The minimum absolute atomic E-state index is 0.0985. The number of pyridine rings is 1. The molecule has 0 atom stereocenters. The summed E-state index contributed by atoms with van der Waals surface area (Å²) in [5.41, 5.74) is -1.10. The van der Waals surface area contributed by atoms with Crippen molar-refractivity contribution >= 4 is 16.8 Å². The maximum Gasteiger partial charge on any atom is 0.433 e. The van der Waals surface area contributed by atoms with Crippen molar-refractivity contribution in [2.24, 2.45) is 7.05 Å². The second-order valence-electron chi connectivity index (χ2n) is 7.95. The second-order valence-corrected chi connectivity index (χ2v) is 7.95. The molecule has 176 valence electrons. The number of ether oxygens (including phenoxy) is 2. The molecule has 0 bridgehead atoms. The van der Waals surface area contributed by atoms with Crippen molar-refractivity contribution < 1.29 is 32.5 Å². The quantitative estimate of drug-likeness (QED) is 0.582. The van der Waals surface area contributed by atoms with E-state index in [2.05, 4.69) is 15.4 Å². The smallest absolute Gasteiger partial charge is 0.433 e. The standard InChI is InChI=1S/C22H23F3N4O4/c1-29-18(20(31)27-21(13-30)6-9-32-10-7-21)16-11-15(4-5-17(16)28-29)33-12-14-3-2-8-26-19(14)22(23,24)25/h2-5,8,11,30H,6-7,9-10,12-13H2,1H3,(H,27,31). The number of rotatable bonds is 6. The van der Waals surface area contributed by atoms with Gasteiger partial charge in [-0.15, -0.1) is 0 Å². The summed E-state index contributed by atoms with van der Waals surface area (Å²) < 4.78 is 51.9. The zero-order chi connectivity index (χ0) is 23.6. The van der Waals surface area contributed by atoms with Crippen LogP contribution in [0.3, 0.4) is 0 Å². The number of alkyl halides is 3. The molecule has 3 aromatic rings. The highest BCUT2D eigenvalue weighted by Gasteiger charge is 2.36. The fourth-order valence-corrected chi connectivity index (χ4v) is 3.89. The van der Waals surface area contributed by atoms with Gasteiger partial charge in [0.1, 0.15) is 18.1 Å². The van der Waals surface area contributed by atoms with Crippen LogP contribution in [0, 0.1) is 0 Å². The second kappa shape index (κ2) is 8.99. The van der Waals surface area contributed by atoms with Crippen molar-refractivity contribution in [3.05, 3.63) is 53.5 Å². The van der Waals surface area contributed by atoms with E-state index in [0.717, 1.165) is 6.20 Å². The van der Waals surface area contributed by atoms with Crippen molar-refractivity contribution in [2.45, 2.75) is 31.2 Å². The lowest BCUT2D eigenvalue weighted by molar-refractivity contribution is -0.142. The van der Waals surface area contributed by atoms with E-state index in [1.165, 1.54) is 16.8 Å². The van der Waals surface area contributed by atoms with Crippen molar-refractivity contribution in [1.29, 1.82) is 0 Å². The molecule has 8 nitrogen and oxygen atoms in total. The monoisotopic (exact) mass is 464 g/mol. The Morgan fingerprint density at radius 1 is 1.30 bits per heavy atom. The number of hydrogen-bond acceptors (Lipinski definition) is 6. The largest absolute Gasteiger partial charge is 0.489 e. The van der Waals surface area contributed by atoms with Crippen molar-refractivity contribution in [1.82, 2.24) is 20.1 Å². The number of aliphatic hydroxyl groups excluding tert-OH is 1. The number of amides is 1. The normalized spacial score (nSPS) is 16.0. The minimum Gasteiger partial charge on any atom is -0.489 e. The molecule has 11 heteroatoms. The Morgan fingerprint density at radius 3 is 2.76 bits per heavy atom. The Morgan fingerprint density at radius 2 is 2.06 bits per heavy atom. The number of hydrogen-bond donors (Lipinski definition) is 2. The van der Waals surface area contributed by atoms with E-state index in [1.807, 2.05) is 0 Å². The Kier molecular flexibility index (Phi) is 6.26. The minimum atomic E-state index is -4.59. The third-order valence-corrected chi connectivity index (χ3v) is 5.70. The zero-order valence-electron chi connectivity index (χ0n) is 17.9. The van der Waals surface area contributed by atoms with Crippen LogP contribution in [0.15, 0.2) is 36.5 Å². The molecule has 33 heavy (non-hydrogen) atoms. The molecule has 1 aromatic carbocycles. The van der Waals surface area contributed by atoms with Crippen LogP contribution >= 0.6 is 0 Å². The molecule has 1 aliphatic rings. The van der Waals surface area contributed by atoms with E-state index in [-0.39, 0.29) is 30.2 Å². The number of benzene rings is 1. The molecule has 0 spiro atoms. The van der Waals surface area contributed by atoms with Crippen LogP contribution in [-0.2, 0) is 24.6 Å². The Balaban J connectivity index is 1.58. The lowest BCUT2D eigenvalue weighted by Crippen LogP contribution is -2.54. The summed E-state index contributed by atoms with van der Waals surface area (Å²) in [6.45, 7) is 0.293. The number of aryl methyl sites for hydroxylation is 1. The summed E-state index contributed by atoms with van der Waals surface area (Å²) in [4.78, 5) is 16.5. The van der Waals surface area contributed by atoms with Crippen LogP contribution < -0.4 is 10.1 Å². The third-order valence-electron chi connectivity index (χ3n) is 5.70. The molecule has 1 fully saturated rings. The van der Waals surface area contributed by atoms with E-state index >= 15 is 0 Å². The molecule has 4 rings (SSSR count). The Labute approximate surface area is 187 Å². The molecule has 0 saturated carbocycles. The first-order chi connectivity index (χ1) is 15.7. The van der Waals surface area contributed by atoms with Crippen molar-refractivity contribution in [3.63, 3.8) is 0 Å². The van der Waals surface area contributed by atoms with Crippen LogP contribution in [0.25, 0.3) is 10.9 Å². The van der Waals surface area contributed by atoms with Gasteiger partial charge in [0.2, 0.25) is 0 Å². The highest BCUT2D eigenvalue weighted by atomic mass is 19.4. The highest BCUT2D eigenvalue weighted by molar-refractivity contribution is 6.05. The third kappa shape index (κ3) is 4.79. The van der Waals surface area contributed by atoms with Gasteiger partial charge in [0, 0.05) is 37.4 Å². The summed E-state index contributed by atoms with van der Waals surface area (Å²) in [5, 5.41) is 17.6. The summed E-state index contributed by atoms with van der Waals surface area (Å²) in [5.74, 6) is -0.135. The first-order valence-electron chi connectivity index (χ1n) is 10.3. The number of carbonyl (C=O) groups is 1. The Bertz CT molecular complexity index is 1160. The van der Waals surface area contributed by atoms with E-state index in [4.69, 9.17) is 9.47 Å². The first-order valence-corrected chi connectivity index (χ1v) is 10.3. The van der Waals surface area contributed by atoms with Crippen LogP contribution in [-0.4, -0.2) is 51.1 Å². The van der Waals surface area contributed by atoms with Crippen LogP contribution in [0.4, 0.5) is 13.2 Å². The highest BCUT2D eigenvalue weighted by Crippen LogP contribution is 2.31. The van der Waals surface area contributed by atoms with Gasteiger partial charge in [-0.3, -0.25) is 14.5 Å². The summed E-state index contributed by atoms with van der Waals surface area (Å²) in [6.07, 6.45) is -2.56. The molecule has 0 radical (unpaired) electrons. The zero-order valence-corrected chi connectivity index (χ0v) is 17.9. The van der Waals surface area contributed by atoms with E-state index < -0.39 is 23.3 Å². The van der Waals surface area contributed by atoms with Gasteiger partial charge in [0.15, 0.2) is 5.69 Å². The molecular formula is C22H23F3N4O4. The first kappa shape index (κ1) is 23.0. The molecule has 1 aliphatic heterocycles. The summed E-state index contributed by atoms with van der Waals surface area (Å²) >= 11 is 0. The number of carbonyl (C=O) groups excluding carboxylic acids is 1. The number of fused-ring (bicyclic) bond motifs is 1. The van der Waals surface area contributed by atoms with Crippen LogP contribution in [0.2, 0.25) is 0 Å². The van der Waals surface area contributed by atoms with Gasteiger partial charge in [-0.2, -0.15) is 18.3 Å². The predicted octanol–water partition coefficient (Wildman–Crippen LogP) is 2.84. The average molecular weight is 464 g/mol. The van der Waals surface area contributed by atoms with Crippen LogP contribution in [0.5, 0.6) is 5.75 Å². The Hall–Kier alpha value is -3.18. The van der Waals surface area contributed by atoms with Gasteiger partial charge in [-0.25, -0.2) is 0 Å². The van der Waals surface area contributed by atoms with Gasteiger partial charge >= 0.3 is 6.18 Å². The van der Waals surface area contributed by atoms with E-state index in [0.29, 0.717) is 37.0 Å². The van der Waals surface area contributed by atoms with Gasteiger partial charge in [-0.05, 0) is 37.1 Å². The molecule has 0 aliphatic carbocycles. The lowest BCUT2D eigenvalue weighted by atomic mass is 9.90. The number of aliphatic hydroxyl groups is 1. The molecule has 1 saturated heterocycles. The predicted molar refractivity (Wildman–Crippen MR) is 112 cm³/mol. The van der Waals surface area contributed by atoms with Crippen molar-refractivity contribution in [3.8, 4) is 5.75 Å². The maximum absolute atomic E-state index is 13.2. The molecule has 2 N–H and O–H groups in total. The fraction of sp³-hybridized carbons (Fsp3) is 0.409. The fourth-order valence-electron chi connectivity index (χ4n) is 3.89. The van der Waals surface area contributed by atoms with E-state index in [9.17, 15) is 23.1 Å². The van der Waals surface area contributed by atoms with Gasteiger partial charge in [0.05, 0.1) is 17.7 Å². The number of aromatic nitrogens is 3. The summed E-state index contributed by atoms with van der Waals surface area (Å²) in [6, 6.07) is 7.49. The van der Waals surface area contributed by atoms with Crippen molar-refractivity contribution in [2.75, 3.05) is 19.8 Å². The van der Waals surface area contributed by atoms with Gasteiger partial charge in [-0.1, -0.05) is 6.07 Å². The molecule has 0 unspecified atom stereocenters.